The van der Waals surface area contributed by atoms with E-state index in [9.17, 15) is 19.5 Å². The Balaban J connectivity index is 4.23. The Morgan fingerprint density at radius 1 is 0.425 bits per heavy atom. The van der Waals surface area contributed by atoms with E-state index in [2.05, 4.69) is 98.9 Å². The molecule has 1 N–H and O–H groups in total. The van der Waals surface area contributed by atoms with Crippen LogP contribution in [-0.4, -0.2) is 87.4 Å². The van der Waals surface area contributed by atoms with Gasteiger partial charge >= 0.3 is 17.9 Å². The second-order valence-electron chi connectivity index (χ2n) is 20.9. The monoisotopic (exact) mass is 1020 g/mol. The number of esters is 2. The summed E-state index contributed by atoms with van der Waals surface area (Å²) in [6, 6.07) is 0. The molecule has 0 bridgehead atoms. The molecule has 0 rings (SSSR count). The molecule has 0 saturated heterocycles. The lowest BCUT2D eigenvalue weighted by atomic mass is 10.0. The van der Waals surface area contributed by atoms with E-state index in [1.54, 1.807) is 0 Å². The normalized spacial score (nSPS) is 13.4. The van der Waals surface area contributed by atoms with Crippen LogP contribution >= 0.6 is 0 Å². The summed E-state index contributed by atoms with van der Waals surface area (Å²) in [6.07, 6.45) is 69.4. The van der Waals surface area contributed by atoms with Crippen LogP contribution in [0.5, 0.6) is 0 Å². The Hall–Kier alpha value is -3.53. The van der Waals surface area contributed by atoms with Gasteiger partial charge in [0, 0.05) is 12.8 Å². The van der Waals surface area contributed by atoms with E-state index >= 15 is 0 Å². The van der Waals surface area contributed by atoms with Crippen molar-refractivity contribution < 1.29 is 42.9 Å². The van der Waals surface area contributed by atoms with Gasteiger partial charge in [-0.15, -0.1) is 0 Å². The van der Waals surface area contributed by atoms with Gasteiger partial charge in [-0.1, -0.05) is 247 Å². The molecule has 9 nitrogen and oxygen atoms in total. The van der Waals surface area contributed by atoms with Gasteiger partial charge in [0.25, 0.3) is 6.29 Å². The van der Waals surface area contributed by atoms with Gasteiger partial charge in [-0.25, -0.2) is 4.79 Å². The van der Waals surface area contributed by atoms with E-state index < -0.39 is 24.3 Å². The van der Waals surface area contributed by atoms with Crippen LogP contribution in [0.2, 0.25) is 0 Å². The molecule has 0 heterocycles. The zero-order valence-electron chi connectivity index (χ0n) is 47.8. The molecule has 420 valence electrons. The zero-order valence-corrected chi connectivity index (χ0v) is 47.8. The smallest absolute Gasteiger partial charge is 0.361 e. The molecule has 0 aliphatic rings. The van der Waals surface area contributed by atoms with Crippen LogP contribution in [0.25, 0.3) is 0 Å². The summed E-state index contributed by atoms with van der Waals surface area (Å²) in [6.45, 7) is 4.77. The Bertz CT molecular complexity index is 1470. The lowest BCUT2D eigenvalue weighted by Gasteiger charge is -2.25. The first-order chi connectivity index (χ1) is 35.6. The van der Waals surface area contributed by atoms with Crippen molar-refractivity contribution in [1.82, 2.24) is 0 Å². The molecule has 2 unspecified atom stereocenters. The molecule has 0 saturated carbocycles. The third-order valence-electron chi connectivity index (χ3n) is 12.7. The van der Waals surface area contributed by atoms with Crippen molar-refractivity contribution in [3.05, 3.63) is 85.1 Å². The highest BCUT2D eigenvalue weighted by atomic mass is 16.7. The minimum atomic E-state index is -1.51. The van der Waals surface area contributed by atoms with Gasteiger partial charge in [-0.05, 0) is 70.6 Å². The molecule has 0 aliphatic heterocycles. The Labute approximate surface area is 449 Å². The van der Waals surface area contributed by atoms with Crippen molar-refractivity contribution in [3.63, 3.8) is 0 Å². The molecule has 0 fully saturated rings. The van der Waals surface area contributed by atoms with Crippen molar-refractivity contribution in [2.45, 2.75) is 257 Å². The van der Waals surface area contributed by atoms with E-state index in [-0.39, 0.29) is 32.2 Å². The quantitative estimate of drug-likeness (QED) is 0.0211. The highest BCUT2D eigenvalue weighted by molar-refractivity contribution is 5.71. The molecule has 0 spiro atoms. The maximum Gasteiger partial charge on any atom is 0.361 e. The van der Waals surface area contributed by atoms with Crippen LogP contribution in [0.4, 0.5) is 0 Å². The van der Waals surface area contributed by atoms with Crippen LogP contribution in [-0.2, 0) is 33.3 Å². The molecule has 0 aromatic heterocycles. The van der Waals surface area contributed by atoms with Crippen LogP contribution in [0.15, 0.2) is 85.1 Å². The summed E-state index contributed by atoms with van der Waals surface area (Å²) in [5.74, 6) is -2.01. The fraction of sp³-hybridized carbons (Fsp3) is 0.734. The molecular formula is C64H112NO8+. The number of aliphatic carboxylic acids is 1. The van der Waals surface area contributed by atoms with E-state index in [1.807, 2.05) is 21.1 Å². The highest BCUT2D eigenvalue weighted by Gasteiger charge is 2.25. The second kappa shape index (κ2) is 54.7. The second-order valence-corrected chi connectivity index (χ2v) is 20.9. The maximum atomic E-state index is 12.9. The Kier molecular flexibility index (Phi) is 52.1. The molecule has 73 heavy (non-hydrogen) atoms. The third-order valence-corrected chi connectivity index (χ3v) is 12.7. The standard InChI is InChI=1S/C64H111NO8/c1-6-8-10-12-14-16-18-20-22-24-25-26-27-28-29-30-31-32-33-34-35-36-37-39-41-43-45-47-49-51-53-55-62(67)73-60(59-72-64(63(68)69)70-57-56-65(3,4)5)58-71-61(66)54-52-50-48-46-44-42-40-38-23-21-19-17-15-13-11-9-7-2/h8,10,14,16,20,22,25-26,28-29,31-32,34-35,60,64H,6-7,9,11-13,15,17-19,21,23-24,27,30,33,36-59H2,1-5H3/p+1/b10-8-,16-14-,22-20-,26-25-,29-28-,32-31-,35-34-. The van der Waals surface area contributed by atoms with E-state index in [0.29, 0.717) is 23.9 Å². The van der Waals surface area contributed by atoms with Gasteiger partial charge < -0.3 is 28.5 Å². The minimum absolute atomic E-state index is 0.184. The number of hydrogen-bond acceptors (Lipinski definition) is 7. The number of nitrogens with zero attached hydrogens (tertiary/aromatic N) is 1. The molecular weight excluding hydrogens is 911 g/mol. The van der Waals surface area contributed by atoms with Crippen molar-refractivity contribution in [2.24, 2.45) is 0 Å². The van der Waals surface area contributed by atoms with Gasteiger partial charge in [-0.3, -0.25) is 9.59 Å². The minimum Gasteiger partial charge on any atom is -0.477 e. The number of carbonyl (C=O) groups is 3. The van der Waals surface area contributed by atoms with E-state index in [1.165, 1.54) is 122 Å². The average molecular weight is 1020 g/mol. The fourth-order valence-electron chi connectivity index (χ4n) is 8.11. The predicted molar refractivity (Wildman–Crippen MR) is 309 cm³/mol. The van der Waals surface area contributed by atoms with Gasteiger partial charge in [0.1, 0.15) is 13.2 Å². The van der Waals surface area contributed by atoms with Crippen LogP contribution in [0, 0.1) is 0 Å². The van der Waals surface area contributed by atoms with E-state index in [0.717, 1.165) is 89.9 Å². The number of carboxylic acid groups (broad SMARTS) is 1. The van der Waals surface area contributed by atoms with Crippen molar-refractivity contribution >= 4 is 17.9 Å². The molecule has 0 aromatic rings. The SMILES string of the molecule is CC/C=C\C/C=C\C/C=C\C/C=C\C/C=C\C/C=C\C/C=C\CCCCCCCCCCCC(=O)OC(COC(=O)CCCCCCCCCCCCCCCCCCC)COC(OCC[N+](C)(C)C)C(=O)O. The Morgan fingerprint density at radius 2 is 0.781 bits per heavy atom. The largest absolute Gasteiger partial charge is 0.477 e. The number of likely N-dealkylation sites (N-methyl/N-ethyl adjacent to an activating group) is 1. The summed E-state index contributed by atoms with van der Waals surface area (Å²) < 4.78 is 22.9. The molecule has 0 aliphatic carbocycles. The Morgan fingerprint density at radius 3 is 1.16 bits per heavy atom. The molecule has 0 amide bonds. The first kappa shape index (κ1) is 69.5. The van der Waals surface area contributed by atoms with Crippen LogP contribution in [0.1, 0.15) is 245 Å². The lowest BCUT2D eigenvalue weighted by molar-refractivity contribution is -0.870. The summed E-state index contributed by atoms with van der Waals surface area (Å²) in [5.41, 5.74) is 0. The first-order valence-corrected chi connectivity index (χ1v) is 29.8. The number of ether oxygens (including phenoxy) is 4. The predicted octanol–water partition coefficient (Wildman–Crippen LogP) is 17.6. The highest BCUT2D eigenvalue weighted by Crippen LogP contribution is 2.16. The number of hydrogen-bond donors (Lipinski definition) is 1. The third kappa shape index (κ3) is 56.0. The zero-order chi connectivity index (χ0) is 53.4. The number of rotatable bonds is 54. The molecule has 0 aromatic carbocycles. The summed E-state index contributed by atoms with van der Waals surface area (Å²) in [5, 5.41) is 9.70. The maximum absolute atomic E-state index is 12.9. The van der Waals surface area contributed by atoms with Gasteiger partial charge in [0.05, 0.1) is 34.4 Å². The van der Waals surface area contributed by atoms with Crippen molar-refractivity contribution in [3.8, 4) is 0 Å². The molecule has 0 radical (unpaired) electrons. The van der Waals surface area contributed by atoms with E-state index in [4.69, 9.17) is 18.9 Å². The number of quaternary nitrogens is 1. The summed E-state index contributed by atoms with van der Waals surface area (Å²) in [4.78, 5) is 37.4. The molecule has 9 heteroatoms. The summed E-state index contributed by atoms with van der Waals surface area (Å²) in [7, 11) is 5.97. The number of carboxylic acids is 1. The number of allylic oxidation sites excluding steroid dienone is 14. The average Bonchev–Trinajstić information content (AvgIpc) is 3.36. The van der Waals surface area contributed by atoms with Gasteiger partial charge in [-0.2, -0.15) is 0 Å². The van der Waals surface area contributed by atoms with Crippen molar-refractivity contribution in [2.75, 3.05) is 47.5 Å². The van der Waals surface area contributed by atoms with Gasteiger partial charge in [0.15, 0.2) is 6.10 Å². The topological polar surface area (TPSA) is 108 Å². The number of unbranched alkanes of at least 4 members (excludes halogenated alkanes) is 25. The van der Waals surface area contributed by atoms with Crippen molar-refractivity contribution in [1.29, 1.82) is 0 Å². The summed E-state index contributed by atoms with van der Waals surface area (Å²) >= 11 is 0. The van der Waals surface area contributed by atoms with Crippen LogP contribution in [0.3, 0.4) is 0 Å². The van der Waals surface area contributed by atoms with Gasteiger partial charge in [0.2, 0.25) is 0 Å². The number of carbonyl (C=O) groups excluding carboxylic acids is 2. The molecule has 2 atom stereocenters. The van der Waals surface area contributed by atoms with Crippen LogP contribution < -0.4 is 0 Å². The first-order valence-electron chi connectivity index (χ1n) is 29.8. The lowest BCUT2D eigenvalue weighted by Crippen LogP contribution is -2.40. The fourth-order valence-corrected chi connectivity index (χ4v) is 8.11.